The SMILES string of the molecule is Cc1ccc2c(-c3ccccc3-c3nnn[nH]3)oc(C(F)(F)F)c2c1. The number of hydrogen-bond donors (Lipinski definition) is 1. The van der Waals surface area contributed by atoms with E-state index in [9.17, 15) is 13.2 Å². The van der Waals surface area contributed by atoms with Gasteiger partial charge in [0.15, 0.2) is 5.82 Å². The summed E-state index contributed by atoms with van der Waals surface area (Å²) >= 11 is 0. The molecule has 1 N–H and O–H groups in total. The van der Waals surface area contributed by atoms with Crippen LogP contribution in [0.2, 0.25) is 0 Å². The van der Waals surface area contributed by atoms with Crippen molar-refractivity contribution in [2.24, 2.45) is 0 Å². The fourth-order valence-electron chi connectivity index (χ4n) is 2.83. The number of aromatic amines is 1. The van der Waals surface area contributed by atoms with E-state index < -0.39 is 11.9 Å². The minimum Gasteiger partial charge on any atom is -0.450 e. The highest BCUT2D eigenvalue weighted by Gasteiger charge is 2.38. The minimum atomic E-state index is -4.59. The van der Waals surface area contributed by atoms with E-state index >= 15 is 0 Å². The number of fused-ring (bicyclic) bond motifs is 1. The number of alkyl halides is 3. The first kappa shape index (κ1) is 15.4. The summed E-state index contributed by atoms with van der Waals surface area (Å²) in [6, 6.07) is 11.7. The van der Waals surface area contributed by atoms with Crippen LogP contribution < -0.4 is 0 Å². The van der Waals surface area contributed by atoms with Gasteiger partial charge in [-0.1, -0.05) is 42.0 Å². The van der Waals surface area contributed by atoms with Crippen LogP contribution >= 0.6 is 0 Å². The molecule has 0 aliphatic rings. The molecule has 2 aromatic heterocycles. The van der Waals surface area contributed by atoms with Gasteiger partial charge in [-0.2, -0.15) is 13.2 Å². The molecule has 126 valence electrons. The Bertz CT molecular complexity index is 1050. The molecule has 5 nitrogen and oxygen atoms in total. The van der Waals surface area contributed by atoms with Gasteiger partial charge in [-0.05, 0) is 23.4 Å². The highest BCUT2D eigenvalue weighted by Crippen LogP contribution is 2.44. The van der Waals surface area contributed by atoms with Gasteiger partial charge < -0.3 is 4.42 Å². The standard InChI is InChI=1S/C17H11F3N4O/c1-9-6-7-11-13(8-9)15(17(18,19)20)25-14(11)10-4-2-3-5-12(10)16-21-23-24-22-16/h2-8H,1H3,(H,21,22,23,24). The zero-order chi connectivity index (χ0) is 17.6. The van der Waals surface area contributed by atoms with Crippen LogP contribution in [0.15, 0.2) is 46.9 Å². The summed E-state index contributed by atoms with van der Waals surface area (Å²) in [5.74, 6) is -0.526. The molecule has 0 atom stereocenters. The summed E-state index contributed by atoms with van der Waals surface area (Å²) in [6.07, 6.45) is -4.59. The summed E-state index contributed by atoms with van der Waals surface area (Å²) in [6.45, 7) is 1.74. The van der Waals surface area contributed by atoms with E-state index in [4.69, 9.17) is 4.42 Å². The average molecular weight is 344 g/mol. The predicted molar refractivity (Wildman–Crippen MR) is 84.6 cm³/mol. The number of hydrogen-bond acceptors (Lipinski definition) is 4. The molecule has 0 spiro atoms. The van der Waals surface area contributed by atoms with Crippen molar-refractivity contribution in [2.45, 2.75) is 13.1 Å². The number of furan rings is 1. The third-order valence-corrected chi connectivity index (χ3v) is 3.90. The summed E-state index contributed by atoms with van der Waals surface area (Å²) < 4.78 is 45.6. The molecule has 0 unspecified atom stereocenters. The van der Waals surface area contributed by atoms with Gasteiger partial charge in [-0.15, -0.1) is 5.10 Å². The summed E-state index contributed by atoms with van der Waals surface area (Å²) in [4.78, 5) is 0. The lowest BCUT2D eigenvalue weighted by molar-refractivity contribution is -0.151. The van der Waals surface area contributed by atoms with Crippen molar-refractivity contribution in [3.05, 3.63) is 53.8 Å². The Kier molecular flexibility index (Phi) is 3.34. The van der Waals surface area contributed by atoms with Gasteiger partial charge in [0, 0.05) is 21.9 Å². The molecular formula is C17H11F3N4O. The number of H-pyrrole nitrogens is 1. The third-order valence-electron chi connectivity index (χ3n) is 3.90. The summed E-state index contributed by atoms with van der Waals surface area (Å²) in [5.41, 5.74) is 1.75. The van der Waals surface area contributed by atoms with Crippen molar-refractivity contribution in [1.29, 1.82) is 0 Å². The van der Waals surface area contributed by atoms with Crippen molar-refractivity contribution in [2.75, 3.05) is 0 Å². The molecule has 2 aromatic carbocycles. The molecule has 4 aromatic rings. The van der Waals surface area contributed by atoms with Crippen LogP contribution in [0, 0.1) is 6.92 Å². The van der Waals surface area contributed by atoms with Crippen LogP contribution in [0.1, 0.15) is 11.3 Å². The lowest BCUT2D eigenvalue weighted by Gasteiger charge is -2.05. The van der Waals surface area contributed by atoms with Crippen LogP contribution in [0.4, 0.5) is 13.2 Å². The van der Waals surface area contributed by atoms with E-state index in [1.165, 1.54) is 6.07 Å². The van der Waals surface area contributed by atoms with Crippen molar-refractivity contribution < 1.29 is 17.6 Å². The van der Waals surface area contributed by atoms with E-state index in [1.54, 1.807) is 43.3 Å². The Morgan fingerprint density at radius 2 is 1.76 bits per heavy atom. The van der Waals surface area contributed by atoms with E-state index in [1.807, 2.05) is 0 Å². The Hall–Kier alpha value is -3.16. The molecule has 2 heterocycles. The maximum atomic E-state index is 13.4. The maximum absolute atomic E-state index is 13.4. The second-order valence-corrected chi connectivity index (χ2v) is 5.60. The van der Waals surface area contributed by atoms with Gasteiger partial charge in [-0.25, -0.2) is 5.10 Å². The number of halogens is 3. The van der Waals surface area contributed by atoms with Crippen molar-refractivity contribution in [3.8, 4) is 22.7 Å². The van der Waals surface area contributed by atoms with Crippen LogP contribution in [0.5, 0.6) is 0 Å². The molecular weight excluding hydrogens is 333 g/mol. The number of benzene rings is 2. The van der Waals surface area contributed by atoms with Gasteiger partial charge in [-0.3, -0.25) is 0 Å². The van der Waals surface area contributed by atoms with Crippen LogP contribution in [0.3, 0.4) is 0 Å². The van der Waals surface area contributed by atoms with E-state index in [-0.39, 0.29) is 11.1 Å². The Morgan fingerprint density at radius 1 is 1.00 bits per heavy atom. The van der Waals surface area contributed by atoms with Gasteiger partial charge in [0.2, 0.25) is 5.76 Å². The van der Waals surface area contributed by atoms with Crippen molar-refractivity contribution >= 4 is 10.8 Å². The number of rotatable bonds is 2. The lowest BCUT2D eigenvalue weighted by atomic mass is 10.0. The Labute approximate surface area is 139 Å². The molecule has 0 amide bonds. The zero-order valence-corrected chi connectivity index (χ0v) is 12.9. The number of aromatic nitrogens is 4. The van der Waals surface area contributed by atoms with Crippen LogP contribution in [-0.2, 0) is 6.18 Å². The minimum absolute atomic E-state index is 0.0352. The molecule has 0 bridgehead atoms. The fourth-order valence-corrected chi connectivity index (χ4v) is 2.83. The molecule has 0 fully saturated rings. The Balaban J connectivity index is 2.04. The quantitative estimate of drug-likeness (QED) is 0.577. The van der Waals surface area contributed by atoms with Crippen molar-refractivity contribution in [3.63, 3.8) is 0 Å². The van der Waals surface area contributed by atoms with E-state index in [0.29, 0.717) is 22.3 Å². The molecule has 0 saturated carbocycles. The smallest absolute Gasteiger partial charge is 0.450 e. The van der Waals surface area contributed by atoms with E-state index in [0.717, 1.165) is 5.56 Å². The monoisotopic (exact) mass is 344 g/mol. The molecule has 0 aliphatic heterocycles. The van der Waals surface area contributed by atoms with Gasteiger partial charge in [0.25, 0.3) is 0 Å². The topological polar surface area (TPSA) is 67.6 Å². The summed E-state index contributed by atoms with van der Waals surface area (Å²) in [5, 5.41) is 13.9. The molecule has 4 rings (SSSR count). The van der Waals surface area contributed by atoms with Crippen LogP contribution in [0.25, 0.3) is 33.5 Å². The van der Waals surface area contributed by atoms with Crippen LogP contribution in [-0.4, -0.2) is 20.6 Å². The fraction of sp³-hybridized carbons (Fsp3) is 0.118. The largest absolute Gasteiger partial charge is 0.450 e. The highest BCUT2D eigenvalue weighted by atomic mass is 19.4. The lowest BCUT2D eigenvalue weighted by Crippen LogP contribution is -2.03. The number of nitrogens with one attached hydrogen (secondary N) is 1. The normalized spacial score (nSPS) is 12.0. The number of aryl methyl sites for hydroxylation is 1. The number of nitrogens with zero attached hydrogens (tertiary/aromatic N) is 3. The van der Waals surface area contributed by atoms with Gasteiger partial charge in [0.1, 0.15) is 5.76 Å². The number of tetrazole rings is 1. The van der Waals surface area contributed by atoms with Crippen molar-refractivity contribution in [1.82, 2.24) is 20.6 Å². The molecule has 25 heavy (non-hydrogen) atoms. The molecule has 0 aliphatic carbocycles. The first-order valence-corrected chi connectivity index (χ1v) is 7.39. The Morgan fingerprint density at radius 3 is 2.44 bits per heavy atom. The second-order valence-electron chi connectivity index (χ2n) is 5.60. The molecule has 0 saturated heterocycles. The molecule has 0 radical (unpaired) electrons. The first-order valence-electron chi connectivity index (χ1n) is 7.39. The van der Waals surface area contributed by atoms with E-state index in [2.05, 4.69) is 20.6 Å². The van der Waals surface area contributed by atoms with Gasteiger partial charge >= 0.3 is 6.18 Å². The average Bonchev–Trinajstić information content (AvgIpc) is 3.21. The first-order chi connectivity index (χ1) is 11.9. The molecule has 8 heteroatoms. The summed E-state index contributed by atoms with van der Waals surface area (Å²) in [7, 11) is 0. The zero-order valence-electron chi connectivity index (χ0n) is 12.9. The predicted octanol–water partition coefficient (Wildman–Crippen LogP) is 4.61. The van der Waals surface area contributed by atoms with Gasteiger partial charge in [0.05, 0.1) is 0 Å². The third kappa shape index (κ3) is 2.55. The maximum Gasteiger partial charge on any atom is 0.450 e. The second kappa shape index (κ2) is 5.44. The highest BCUT2D eigenvalue weighted by molar-refractivity contribution is 5.99.